The van der Waals surface area contributed by atoms with Gasteiger partial charge < -0.3 is 14.2 Å². The third-order valence-electron chi connectivity index (χ3n) is 3.98. The largest absolute Gasteiger partial charge is 0.489 e. The maximum Gasteiger partial charge on any atom is 0.233 e. The summed E-state index contributed by atoms with van der Waals surface area (Å²) < 4.78 is 12.1. The van der Waals surface area contributed by atoms with Crippen molar-refractivity contribution in [3.05, 3.63) is 34.6 Å². The molecule has 1 saturated heterocycles. The lowest BCUT2D eigenvalue weighted by Crippen LogP contribution is -2.38. The van der Waals surface area contributed by atoms with E-state index in [1.165, 1.54) is 11.3 Å². The van der Waals surface area contributed by atoms with Crippen molar-refractivity contribution in [3.8, 4) is 16.6 Å². The van der Waals surface area contributed by atoms with E-state index in [1.54, 1.807) is 6.92 Å². The van der Waals surface area contributed by atoms with Crippen LogP contribution in [0.1, 0.15) is 18.7 Å². The number of halogens is 1. The van der Waals surface area contributed by atoms with Crippen LogP contribution in [0.4, 0.5) is 5.13 Å². The van der Waals surface area contributed by atoms with Gasteiger partial charge in [0.25, 0.3) is 0 Å². The first-order valence-electron chi connectivity index (χ1n) is 7.99. The summed E-state index contributed by atoms with van der Waals surface area (Å²) in [5.74, 6) is 1.91. The SMILES string of the molecule is Cc1nc(-c2nnc(N3CCC(Oc4ccccc4Br)CC3)s2)no1. The second-order valence-corrected chi connectivity index (χ2v) is 7.57. The molecule has 1 aliphatic rings. The average molecular weight is 422 g/mol. The van der Waals surface area contributed by atoms with E-state index in [0.717, 1.165) is 41.3 Å². The minimum atomic E-state index is 0.210. The Morgan fingerprint density at radius 1 is 1.24 bits per heavy atom. The van der Waals surface area contributed by atoms with Gasteiger partial charge >= 0.3 is 0 Å². The van der Waals surface area contributed by atoms with Crippen molar-refractivity contribution in [2.45, 2.75) is 25.9 Å². The van der Waals surface area contributed by atoms with Crippen LogP contribution in [0.5, 0.6) is 5.75 Å². The van der Waals surface area contributed by atoms with E-state index in [4.69, 9.17) is 9.26 Å². The Bertz CT molecular complexity index is 860. The number of ether oxygens (including phenoxy) is 1. The molecule has 0 radical (unpaired) electrons. The molecule has 1 aromatic carbocycles. The van der Waals surface area contributed by atoms with Crippen molar-refractivity contribution in [2.75, 3.05) is 18.0 Å². The van der Waals surface area contributed by atoms with Gasteiger partial charge in [-0.3, -0.25) is 0 Å². The average Bonchev–Trinajstić information content (AvgIpc) is 3.27. The molecule has 0 bridgehead atoms. The van der Waals surface area contributed by atoms with Crippen LogP contribution in [0.15, 0.2) is 33.3 Å². The first-order chi connectivity index (χ1) is 12.2. The molecular weight excluding hydrogens is 406 g/mol. The zero-order valence-corrected chi connectivity index (χ0v) is 16.0. The fraction of sp³-hybridized carbons (Fsp3) is 0.375. The Labute approximate surface area is 157 Å². The Kier molecular flexibility index (Phi) is 4.67. The molecule has 25 heavy (non-hydrogen) atoms. The van der Waals surface area contributed by atoms with Crippen molar-refractivity contribution >= 4 is 32.4 Å². The Balaban J connectivity index is 1.37. The molecule has 4 rings (SSSR count). The van der Waals surface area contributed by atoms with Gasteiger partial charge in [0.05, 0.1) is 4.47 Å². The summed E-state index contributed by atoms with van der Waals surface area (Å²) in [6, 6.07) is 7.95. The quantitative estimate of drug-likeness (QED) is 0.635. The summed E-state index contributed by atoms with van der Waals surface area (Å²) in [6.07, 6.45) is 2.09. The lowest BCUT2D eigenvalue weighted by molar-refractivity contribution is 0.170. The van der Waals surface area contributed by atoms with E-state index < -0.39 is 0 Å². The number of para-hydroxylation sites is 1. The Morgan fingerprint density at radius 2 is 2.04 bits per heavy atom. The highest BCUT2D eigenvalue weighted by Crippen LogP contribution is 2.31. The van der Waals surface area contributed by atoms with Crippen molar-refractivity contribution in [3.63, 3.8) is 0 Å². The molecule has 0 aliphatic carbocycles. The number of nitrogens with zero attached hydrogens (tertiary/aromatic N) is 5. The van der Waals surface area contributed by atoms with Crippen molar-refractivity contribution < 1.29 is 9.26 Å². The van der Waals surface area contributed by atoms with E-state index in [9.17, 15) is 0 Å². The fourth-order valence-electron chi connectivity index (χ4n) is 2.70. The zero-order valence-electron chi connectivity index (χ0n) is 13.6. The summed E-state index contributed by atoms with van der Waals surface area (Å²) in [7, 11) is 0. The number of rotatable bonds is 4. The molecule has 3 heterocycles. The van der Waals surface area contributed by atoms with Gasteiger partial charge in [0.1, 0.15) is 11.9 Å². The molecule has 0 saturated carbocycles. The predicted octanol–water partition coefficient (Wildman–Crippen LogP) is 3.71. The third kappa shape index (κ3) is 3.67. The number of piperidine rings is 1. The highest BCUT2D eigenvalue weighted by Gasteiger charge is 2.24. The number of aryl methyl sites for hydroxylation is 1. The van der Waals surface area contributed by atoms with Crippen LogP contribution in [0.2, 0.25) is 0 Å². The monoisotopic (exact) mass is 421 g/mol. The molecule has 7 nitrogen and oxygen atoms in total. The summed E-state index contributed by atoms with van der Waals surface area (Å²) in [5, 5.41) is 13.9. The molecule has 0 atom stereocenters. The van der Waals surface area contributed by atoms with Crippen LogP contribution in [-0.2, 0) is 0 Å². The third-order valence-corrected chi connectivity index (χ3v) is 5.61. The molecule has 9 heteroatoms. The van der Waals surface area contributed by atoms with Crippen molar-refractivity contribution in [2.24, 2.45) is 0 Å². The number of hydrogen-bond acceptors (Lipinski definition) is 8. The highest BCUT2D eigenvalue weighted by atomic mass is 79.9. The van der Waals surface area contributed by atoms with E-state index in [2.05, 4.69) is 41.2 Å². The molecular formula is C16H16BrN5O2S. The van der Waals surface area contributed by atoms with Gasteiger partial charge in [-0.1, -0.05) is 28.6 Å². The number of benzene rings is 1. The highest BCUT2D eigenvalue weighted by molar-refractivity contribution is 9.10. The molecule has 3 aromatic rings. The van der Waals surface area contributed by atoms with Gasteiger partial charge in [0.2, 0.25) is 16.8 Å². The number of anilines is 1. The fourth-order valence-corrected chi connectivity index (χ4v) is 3.90. The Morgan fingerprint density at radius 3 is 2.76 bits per heavy atom. The summed E-state index contributed by atoms with van der Waals surface area (Å²) in [5.41, 5.74) is 0. The van der Waals surface area contributed by atoms with Crippen molar-refractivity contribution in [1.82, 2.24) is 20.3 Å². The van der Waals surface area contributed by atoms with E-state index in [1.807, 2.05) is 24.3 Å². The maximum absolute atomic E-state index is 6.11. The summed E-state index contributed by atoms with van der Waals surface area (Å²) >= 11 is 5.01. The van der Waals surface area contributed by atoms with Crippen LogP contribution in [-0.4, -0.2) is 39.5 Å². The molecule has 0 unspecified atom stereocenters. The van der Waals surface area contributed by atoms with Gasteiger partial charge in [-0.05, 0) is 28.1 Å². The van der Waals surface area contributed by atoms with Crippen LogP contribution >= 0.6 is 27.3 Å². The molecule has 1 fully saturated rings. The second kappa shape index (κ2) is 7.09. The van der Waals surface area contributed by atoms with Gasteiger partial charge in [-0.25, -0.2) is 0 Å². The van der Waals surface area contributed by atoms with E-state index in [-0.39, 0.29) is 6.10 Å². The molecule has 2 aromatic heterocycles. The molecule has 0 spiro atoms. The summed E-state index contributed by atoms with van der Waals surface area (Å²) in [6.45, 7) is 3.53. The molecule has 0 N–H and O–H groups in total. The summed E-state index contributed by atoms with van der Waals surface area (Å²) in [4.78, 5) is 6.42. The van der Waals surface area contributed by atoms with Crippen molar-refractivity contribution in [1.29, 1.82) is 0 Å². The van der Waals surface area contributed by atoms with Gasteiger partial charge in [-0.15, -0.1) is 10.2 Å². The van der Waals surface area contributed by atoms with Crippen LogP contribution < -0.4 is 9.64 Å². The second-order valence-electron chi connectivity index (χ2n) is 5.76. The van der Waals surface area contributed by atoms with Gasteiger partial charge in [-0.2, -0.15) is 4.98 Å². The van der Waals surface area contributed by atoms with E-state index >= 15 is 0 Å². The smallest absolute Gasteiger partial charge is 0.233 e. The lowest BCUT2D eigenvalue weighted by atomic mass is 10.1. The molecule has 0 amide bonds. The predicted molar refractivity (Wildman–Crippen MR) is 97.9 cm³/mol. The topological polar surface area (TPSA) is 77.2 Å². The van der Waals surface area contributed by atoms with Gasteiger partial charge in [0.15, 0.2) is 5.01 Å². The standard InChI is InChI=1S/C16H16BrN5O2S/c1-10-18-14(21-24-10)15-19-20-16(25-15)22-8-6-11(7-9-22)23-13-5-3-2-4-12(13)17/h2-5,11H,6-9H2,1H3. The van der Waals surface area contributed by atoms with Crippen LogP contribution in [0.3, 0.4) is 0 Å². The van der Waals surface area contributed by atoms with Gasteiger partial charge in [0, 0.05) is 32.9 Å². The number of hydrogen-bond donors (Lipinski definition) is 0. The van der Waals surface area contributed by atoms with E-state index in [0.29, 0.717) is 16.7 Å². The maximum atomic E-state index is 6.11. The van der Waals surface area contributed by atoms with Crippen LogP contribution in [0, 0.1) is 6.92 Å². The first-order valence-corrected chi connectivity index (χ1v) is 9.60. The zero-order chi connectivity index (χ0) is 17.2. The van der Waals surface area contributed by atoms with Crippen LogP contribution in [0.25, 0.3) is 10.8 Å². The Hall–Kier alpha value is -2.00. The number of aromatic nitrogens is 4. The minimum Gasteiger partial charge on any atom is -0.489 e. The normalized spacial score (nSPS) is 15.5. The molecule has 1 aliphatic heterocycles. The first kappa shape index (κ1) is 16.5. The minimum absolute atomic E-state index is 0.210. The lowest BCUT2D eigenvalue weighted by Gasteiger charge is -2.31. The molecule has 130 valence electrons.